The number of likely N-dealkylation sites (tertiary alicyclic amines) is 1. The predicted molar refractivity (Wildman–Crippen MR) is 128 cm³/mol. The molecule has 8 heteroatoms. The second-order valence-corrected chi connectivity index (χ2v) is 9.24. The van der Waals surface area contributed by atoms with Crippen LogP contribution in [0.25, 0.3) is 22.2 Å². The molecular formula is C26H26N6O2. The largest absolute Gasteiger partial charge is 0.439 e. The molecule has 1 aliphatic carbocycles. The lowest BCUT2D eigenvalue weighted by atomic mass is 10.2. The molecule has 1 aliphatic heterocycles. The quantitative estimate of drug-likeness (QED) is 0.443. The van der Waals surface area contributed by atoms with Crippen LogP contribution in [-0.4, -0.2) is 50.6 Å². The van der Waals surface area contributed by atoms with Crippen molar-refractivity contribution in [3.8, 4) is 22.9 Å². The molecule has 2 fully saturated rings. The Labute approximate surface area is 197 Å². The Bertz CT molecular complexity index is 1310. The summed E-state index contributed by atoms with van der Waals surface area (Å²) in [5.41, 5.74) is 3.92. The van der Waals surface area contributed by atoms with Crippen LogP contribution in [0.5, 0.6) is 11.6 Å². The average molecular weight is 455 g/mol. The maximum Gasteiger partial charge on any atom is 0.219 e. The molecule has 2 unspecified atom stereocenters. The van der Waals surface area contributed by atoms with Crippen molar-refractivity contribution in [3.63, 3.8) is 0 Å². The van der Waals surface area contributed by atoms with Gasteiger partial charge in [-0.3, -0.25) is 19.8 Å². The number of rotatable bonds is 7. The first-order valence-corrected chi connectivity index (χ1v) is 11.6. The number of nitrogens with zero attached hydrogens (tertiary/aromatic N) is 4. The van der Waals surface area contributed by atoms with Gasteiger partial charge in [0.1, 0.15) is 5.75 Å². The summed E-state index contributed by atoms with van der Waals surface area (Å²) < 4.78 is 5.96. The summed E-state index contributed by atoms with van der Waals surface area (Å²) in [6.07, 6.45) is 3.48. The Kier molecular flexibility index (Phi) is 5.22. The van der Waals surface area contributed by atoms with E-state index in [1.807, 2.05) is 36.4 Å². The van der Waals surface area contributed by atoms with Gasteiger partial charge < -0.3 is 10.1 Å². The number of benzene rings is 1. The van der Waals surface area contributed by atoms with Gasteiger partial charge in [0.05, 0.1) is 16.9 Å². The number of carbonyl (C=O) groups is 1. The summed E-state index contributed by atoms with van der Waals surface area (Å²) >= 11 is 0. The van der Waals surface area contributed by atoms with Gasteiger partial charge in [0.25, 0.3) is 0 Å². The number of nitrogens with one attached hydrogen (secondary N) is 2. The van der Waals surface area contributed by atoms with Crippen molar-refractivity contribution >= 4 is 16.8 Å². The zero-order chi connectivity index (χ0) is 23.1. The Morgan fingerprint density at radius 3 is 2.76 bits per heavy atom. The fraction of sp³-hybridized carbons (Fsp3) is 0.308. The zero-order valence-corrected chi connectivity index (χ0v) is 18.9. The summed E-state index contributed by atoms with van der Waals surface area (Å²) in [7, 11) is 0. The normalized spacial score (nSPS) is 21.4. The van der Waals surface area contributed by atoms with Gasteiger partial charge in [-0.05, 0) is 54.2 Å². The Morgan fingerprint density at radius 2 is 2.03 bits per heavy atom. The predicted octanol–water partition coefficient (Wildman–Crippen LogP) is 3.63. The van der Waals surface area contributed by atoms with E-state index in [9.17, 15) is 4.79 Å². The summed E-state index contributed by atoms with van der Waals surface area (Å²) in [6.45, 7) is 5.45. The number of ether oxygens (including phenoxy) is 1. The van der Waals surface area contributed by atoms with Gasteiger partial charge in [-0.2, -0.15) is 5.10 Å². The van der Waals surface area contributed by atoms with Crippen LogP contribution in [0.15, 0.2) is 60.9 Å². The van der Waals surface area contributed by atoms with Gasteiger partial charge in [0.2, 0.25) is 11.8 Å². The van der Waals surface area contributed by atoms with Crippen molar-refractivity contribution in [2.45, 2.75) is 13.5 Å². The van der Waals surface area contributed by atoms with E-state index in [-0.39, 0.29) is 5.91 Å². The first-order chi connectivity index (χ1) is 16.6. The first kappa shape index (κ1) is 20.8. The molecule has 1 saturated carbocycles. The number of aromatic amines is 1. The van der Waals surface area contributed by atoms with E-state index in [0.29, 0.717) is 23.6 Å². The molecule has 0 radical (unpaired) electrons. The highest BCUT2D eigenvalue weighted by atomic mass is 16.5. The van der Waals surface area contributed by atoms with E-state index < -0.39 is 0 Å². The highest BCUT2D eigenvalue weighted by Gasteiger charge is 2.55. The number of hydrogen-bond donors (Lipinski definition) is 2. The van der Waals surface area contributed by atoms with Crippen molar-refractivity contribution in [1.29, 1.82) is 0 Å². The van der Waals surface area contributed by atoms with Crippen LogP contribution in [0, 0.1) is 17.8 Å². The molecule has 6 rings (SSSR count). The number of piperidine rings is 1. The van der Waals surface area contributed by atoms with Crippen molar-refractivity contribution < 1.29 is 9.53 Å². The number of carbonyl (C=O) groups excluding carboxylic acids is 1. The lowest BCUT2D eigenvalue weighted by Gasteiger charge is -2.19. The van der Waals surface area contributed by atoms with Crippen molar-refractivity contribution in [3.05, 3.63) is 66.6 Å². The number of pyridine rings is 2. The highest BCUT2D eigenvalue weighted by Crippen LogP contribution is 2.51. The Hall–Kier alpha value is -3.78. The van der Waals surface area contributed by atoms with Crippen molar-refractivity contribution in [2.24, 2.45) is 17.8 Å². The van der Waals surface area contributed by atoms with Crippen LogP contribution in [-0.2, 0) is 11.3 Å². The van der Waals surface area contributed by atoms with Gasteiger partial charge in [-0.25, -0.2) is 4.98 Å². The highest BCUT2D eigenvalue weighted by molar-refractivity contribution is 5.80. The Balaban J connectivity index is 1.07. The fourth-order valence-corrected chi connectivity index (χ4v) is 5.09. The lowest BCUT2D eigenvalue weighted by Crippen LogP contribution is -2.29. The summed E-state index contributed by atoms with van der Waals surface area (Å²) in [5.74, 6) is 3.42. The van der Waals surface area contributed by atoms with Crippen LogP contribution in [0.2, 0.25) is 0 Å². The van der Waals surface area contributed by atoms with E-state index in [1.165, 1.54) is 0 Å². The molecule has 2 aliphatic rings. The monoisotopic (exact) mass is 454 g/mol. The third-order valence-electron chi connectivity index (χ3n) is 6.91. The molecule has 1 amide bonds. The molecule has 2 N–H and O–H groups in total. The standard InChI is InChI=1S/C26H26N6O2/c1-16(33)27-12-21-22-14-32(15-23(21)22)13-19-4-2-17-10-20(5-6-24(17)30-19)34-26-7-3-18(11-28-26)25-8-9-29-31-25/h2-11,21-23H,12-15H2,1H3,(H,27,33)(H,29,31). The molecule has 0 bridgehead atoms. The smallest absolute Gasteiger partial charge is 0.219 e. The molecule has 8 nitrogen and oxygen atoms in total. The lowest BCUT2D eigenvalue weighted by molar-refractivity contribution is -0.119. The van der Waals surface area contributed by atoms with Gasteiger partial charge in [-0.1, -0.05) is 6.07 Å². The molecule has 1 aromatic carbocycles. The average Bonchev–Trinajstić information content (AvgIpc) is 3.20. The maximum atomic E-state index is 11.1. The minimum absolute atomic E-state index is 0.0650. The molecule has 34 heavy (non-hydrogen) atoms. The number of fused-ring (bicyclic) bond motifs is 2. The first-order valence-electron chi connectivity index (χ1n) is 11.6. The van der Waals surface area contributed by atoms with Crippen LogP contribution >= 0.6 is 0 Å². The zero-order valence-electron chi connectivity index (χ0n) is 18.9. The number of amides is 1. The SMILES string of the molecule is CC(=O)NCC1C2CN(Cc3ccc4cc(Oc5ccc(-c6ccn[nH]6)cn5)ccc4n3)CC12. The van der Waals surface area contributed by atoms with E-state index in [4.69, 9.17) is 9.72 Å². The molecular weight excluding hydrogens is 428 g/mol. The summed E-state index contributed by atoms with van der Waals surface area (Å²) in [5, 5.41) is 10.9. The minimum Gasteiger partial charge on any atom is -0.439 e. The van der Waals surface area contributed by atoms with E-state index in [1.54, 1.807) is 19.3 Å². The van der Waals surface area contributed by atoms with Crippen LogP contribution in [0.4, 0.5) is 0 Å². The van der Waals surface area contributed by atoms with Crippen molar-refractivity contribution in [1.82, 2.24) is 30.4 Å². The van der Waals surface area contributed by atoms with Crippen molar-refractivity contribution in [2.75, 3.05) is 19.6 Å². The topological polar surface area (TPSA) is 96.0 Å². The van der Waals surface area contributed by atoms with Gasteiger partial charge >= 0.3 is 0 Å². The fourth-order valence-electron chi connectivity index (χ4n) is 5.09. The van der Waals surface area contributed by atoms with Crippen LogP contribution in [0.1, 0.15) is 12.6 Å². The van der Waals surface area contributed by atoms with Crippen LogP contribution < -0.4 is 10.1 Å². The molecule has 3 aromatic heterocycles. The summed E-state index contributed by atoms with van der Waals surface area (Å²) in [4.78, 5) is 22.9. The van der Waals surface area contributed by atoms with E-state index in [0.717, 1.165) is 59.8 Å². The van der Waals surface area contributed by atoms with E-state index in [2.05, 4.69) is 37.5 Å². The second-order valence-electron chi connectivity index (χ2n) is 9.24. The summed E-state index contributed by atoms with van der Waals surface area (Å²) in [6, 6.07) is 15.8. The molecule has 0 spiro atoms. The molecule has 4 aromatic rings. The minimum atomic E-state index is 0.0650. The number of hydrogen-bond acceptors (Lipinski definition) is 6. The Morgan fingerprint density at radius 1 is 1.15 bits per heavy atom. The number of H-pyrrole nitrogens is 1. The second kappa shape index (κ2) is 8.53. The third kappa shape index (κ3) is 4.24. The molecule has 172 valence electrons. The molecule has 4 heterocycles. The maximum absolute atomic E-state index is 11.1. The molecule has 1 saturated heterocycles. The van der Waals surface area contributed by atoms with Crippen LogP contribution in [0.3, 0.4) is 0 Å². The number of aromatic nitrogens is 4. The third-order valence-corrected chi connectivity index (χ3v) is 6.91. The van der Waals surface area contributed by atoms with Gasteiger partial charge in [-0.15, -0.1) is 0 Å². The van der Waals surface area contributed by atoms with Gasteiger partial charge in [0, 0.05) is 62.5 Å². The van der Waals surface area contributed by atoms with E-state index >= 15 is 0 Å². The van der Waals surface area contributed by atoms with Gasteiger partial charge in [0.15, 0.2) is 0 Å². The molecule has 2 atom stereocenters.